The van der Waals surface area contributed by atoms with E-state index >= 15 is 0 Å². The average molecular weight is 585 g/mol. The van der Waals surface area contributed by atoms with Crippen molar-refractivity contribution in [1.82, 2.24) is 10.9 Å². The van der Waals surface area contributed by atoms with E-state index in [0.717, 1.165) is 12.4 Å². The van der Waals surface area contributed by atoms with Crippen molar-refractivity contribution in [3.05, 3.63) is 84.3 Å². The standard InChI is InChI=1S/C24H20N6O8S2/c25-39(33,34)19-7-1-15(2-8-19)21-11-5-17(37-21)13-27-29-23(31)24(32)30-28-14-18-6-12-22(38-18)16-3-9-20(10-4-16)40(26,35)36/h1-14H,(H,29,31)(H,30,32)(H2,25,33,34)(H2,26,35,36)/b27-13+,28-14+. The maximum Gasteiger partial charge on any atom is 0.331 e. The number of primary sulfonamides is 2. The van der Waals surface area contributed by atoms with Gasteiger partial charge in [0, 0.05) is 11.1 Å². The van der Waals surface area contributed by atoms with Crippen molar-refractivity contribution < 1.29 is 35.3 Å². The lowest BCUT2D eigenvalue weighted by Crippen LogP contribution is -2.35. The van der Waals surface area contributed by atoms with Crippen molar-refractivity contribution in [2.24, 2.45) is 20.5 Å². The molecule has 2 heterocycles. The summed E-state index contributed by atoms with van der Waals surface area (Å²) >= 11 is 0. The van der Waals surface area contributed by atoms with Crippen LogP contribution in [-0.2, 0) is 29.6 Å². The number of furan rings is 2. The van der Waals surface area contributed by atoms with Crippen molar-refractivity contribution in [2.75, 3.05) is 0 Å². The maximum atomic E-state index is 11.9. The summed E-state index contributed by atoms with van der Waals surface area (Å²) in [6.07, 6.45) is 2.33. The van der Waals surface area contributed by atoms with Crippen LogP contribution in [0.3, 0.4) is 0 Å². The van der Waals surface area contributed by atoms with Crippen LogP contribution in [0.1, 0.15) is 11.5 Å². The molecule has 2 aromatic heterocycles. The van der Waals surface area contributed by atoms with E-state index in [1.807, 2.05) is 10.9 Å². The summed E-state index contributed by atoms with van der Waals surface area (Å²) in [4.78, 5) is 23.8. The number of hydrogen-bond donors (Lipinski definition) is 4. The third kappa shape index (κ3) is 7.14. The molecule has 0 aliphatic heterocycles. The number of benzene rings is 2. The summed E-state index contributed by atoms with van der Waals surface area (Å²) in [6.45, 7) is 0. The zero-order valence-corrected chi connectivity index (χ0v) is 21.8. The van der Waals surface area contributed by atoms with E-state index in [9.17, 15) is 26.4 Å². The fourth-order valence-corrected chi connectivity index (χ4v) is 4.21. The van der Waals surface area contributed by atoms with Gasteiger partial charge in [-0.25, -0.2) is 38.0 Å². The van der Waals surface area contributed by atoms with Gasteiger partial charge < -0.3 is 8.83 Å². The highest BCUT2D eigenvalue weighted by Crippen LogP contribution is 2.24. The molecular formula is C24H20N6O8S2. The summed E-state index contributed by atoms with van der Waals surface area (Å²) in [6, 6.07) is 17.7. The fraction of sp³-hybridized carbons (Fsp3) is 0. The summed E-state index contributed by atoms with van der Waals surface area (Å²) in [5.74, 6) is -0.901. The Morgan fingerprint density at radius 1 is 0.600 bits per heavy atom. The zero-order chi connectivity index (χ0) is 28.9. The summed E-state index contributed by atoms with van der Waals surface area (Å²) < 4.78 is 56.5. The smallest absolute Gasteiger partial charge is 0.331 e. The highest BCUT2D eigenvalue weighted by atomic mass is 32.2. The summed E-state index contributed by atoms with van der Waals surface area (Å²) in [7, 11) is -7.63. The molecule has 0 fully saturated rings. The van der Waals surface area contributed by atoms with E-state index in [1.165, 1.54) is 48.5 Å². The molecule has 4 rings (SSSR count). The van der Waals surface area contributed by atoms with Gasteiger partial charge in [0.25, 0.3) is 0 Å². The van der Waals surface area contributed by atoms with Crippen LogP contribution in [0.5, 0.6) is 0 Å². The third-order valence-corrected chi connectivity index (χ3v) is 6.97. The number of amides is 2. The molecule has 14 nitrogen and oxygen atoms in total. The molecule has 206 valence electrons. The van der Waals surface area contributed by atoms with Crippen LogP contribution in [0, 0.1) is 0 Å². The Balaban J connectivity index is 1.27. The molecule has 0 radical (unpaired) electrons. The van der Waals surface area contributed by atoms with Gasteiger partial charge in [0.2, 0.25) is 20.0 Å². The lowest BCUT2D eigenvalue weighted by atomic mass is 10.2. The molecule has 2 aromatic carbocycles. The van der Waals surface area contributed by atoms with Crippen molar-refractivity contribution in [2.45, 2.75) is 9.79 Å². The van der Waals surface area contributed by atoms with E-state index in [2.05, 4.69) is 10.2 Å². The molecule has 0 aliphatic carbocycles. The Kier molecular flexibility index (Phi) is 8.05. The highest BCUT2D eigenvalue weighted by Gasteiger charge is 2.13. The molecule has 0 bridgehead atoms. The molecule has 4 aromatic rings. The summed E-state index contributed by atoms with van der Waals surface area (Å²) in [5.41, 5.74) is 5.21. The molecule has 0 saturated carbocycles. The quantitative estimate of drug-likeness (QED) is 0.133. The fourth-order valence-electron chi connectivity index (χ4n) is 3.18. The van der Waals surface area contributed by atoms with Gasteiger partial charge in [0.15, 0.2) is 0 Å². The number of rotatable bonds is 8. The van der Waals surface area contributed by atoms with Gasteiger partial charge in [-0.05, 0) is 72.8 Å². The van der Waals surface area contributed by atoms with E-state index in [0.29, 0.717) is 22.6 Å². The molecule has 2 amide bonds. The molecule has 0 unspecified atom stereocenters. The van der Waals surface area contributed by atoms with Gasteiger partial charge in [-0.3, -0.25) is 9.59 Å². The Hall–Kier alpha value is -4.90. The Morgan fingerprint density at radius 3 is 1.27 bits per heavy atom. The highest BCUT2D eigenvalue weighted by molar-refractivity contribution is 7.89. The van der Waals surface area contributed by atoms with Crippen LogP contribution in [0.25, 0.3) is 22.6 Å². The molecule has 0 saturated heterocycles. The lowest BCUT2D eigenvalue weighted by molar-refractivity contribution is -0.139. The van der Waals surface area contributed by atoms with Crippen molar-refractivity contribution in [1.29, 1.82) is 0 Å². The van der Waals surface area contributed by atoms with E-state index < -0.39 is 31.9 Å². The zero-order valence-electron chi connectivity index (χ0n) is 20.2. The van der Waals surface area contributed by atoms with Gasteiger partial charge in [-0.1, -0.05) is 0 Å². The van der Waals surface area contributed by atoms with E-state index in [1.54, 1.807) is 24.3 Å². The van der Waals surface area contributed by atoms with E-state index in [-0.39, 0.29) is 21.3 Å². The number of nitrogens with two attached hydrogens (primary N) is 2. The minimum atomic E-state index is -3.82. The Labute approximate surface area is 227 Å². The number of hydrazone groups is 2. The number of sulfonamides is 2. The predicted molar refractivity (Wildman–Crippen MR) is 143 cm³/mol. The van der Waals surface area contributed by atoms with Gasteiger partial charge in [-0.2, -0.15) is 10.2 Å². The number of hydrogen-bond acceptors (Lipinski definition) is 10. The maximum absolute atomic E-state index is 11.9. The van der Waals surface area contributed by atoms with Gasteiger partial charge >= 0.3 is 11.8 Å². The van der Waals surface area contributed by atoms with Crippen LogP contribution in [0.4, 0.5) is 0 Å². The number of nitrogens with zero attached hydrogens (tertiary/aromatic N) is 2. The SMILES string of the molecule is NS(=O)(=O)c1ccc(-c2ccc(/C=N/NC(=O)C(=O)N/N=C/c3ccc(-c4ccc(S(N)(=O)=O)cc4)o3)o2)cc1. The summed E-state index contributed by atoms with van der Waals surface area (Å²) in [5, 5.41) is 17.5. The van der Waals surface area contributed by atoms with Gasteiger partial charge in [-0.15, -0.1) is 0 Å². The Bertz CT molecular complexity index is 1690. The van der Waals surface area contributed by atoms with Crippen molar-refractivity contribution in [3.63, 3.8) is 0 Å². The van der Waals surface area contributed by atoms with Crippen molar-refractivity contribution >= 4 is 44.3 Å². The number of carbonyl (C=O) groups is 2. The normalized spacial score (nSPS) is 12.2. The van der Waals surface area contributed by atoms with Crippen molar-refractivity contribution in [3.8, 4) is 22.6 Å². The topological polar surface area (TPSA) is 230 Å². The largest absolute Gasteiger partial charge is 0.455 e. The van der Waals surface area contributed by atoms with Crippen LogP contribution >= 0.6 is 0 Å². The average Bonchev–Trinajstić information content (AvgIpc) is 3.58. The Morgan fingerprint density at radius 2 is 0.950 bits per heavy atom. The van der Waals surface area contributed by atoms with Crippen LogP contribution in [-0.4, -0.2) is 41.1 Å². The molecule has 0 spiro atoms. The first-order valence-electron chi connectivity index (χ1n) is 11.0. The second-order valence-electron chi connectivity index (χ2n) is 7.94. The lowest BCUT2D eigenvalue weighted by Gasteiger charge is -2.00. The van der Waals surface area contributed by atoms with Gasteiger partial charge in [0.05, 0.1) is 22.2 Å². The number of nitrogens with one attached hydrogen (secondary N) is 2. The third-order valence-electron chi connectivity index (χ3n) is 5.11. The second kappa shape index (κ2) is 11.5. The molecule has 6 N–H and O–H groups in total. The molecule has 16 heteroatoms. The molecular weight excluding hydrogens is 564 g/mol. The van der Waals surface area contributed by atoms with Crippen LogP contribution in [0.2, 0.25) is 0 Å². The van der Waals surface area contributed by atoms with E-state index in [4.69, 9.17) is 19.1 Å². The molecule has 0 atom stereocenters. The minimum Gasteiger partial charge on any atom is -0.455 e. The van der Waals surface area contributed by atoms with Crippen LogP contribution < -0.4 is 21.1 Å². The first-order chi connectivity index (χ1) is 18.9. The predicted octanol–water partition coefficient (Wildman–Crippen LogP) is 1.10. The first kappa shape index (κ1) is 28.1. The minimum absolute atomic E-state index is 0.0427. The molecule has 40 heavy (non-hydrogen) atoms. The second-order valence-corrected chi connectivity index (χ2v) is 11.1. The first-order valence-corrected chi connectivity index (χ1v) is 14.1. The number of carbonyl (C=O) groups excluding carboxylic acids is 2. The van der Waals surface area contributed by atoms with Crippen LogP contribution in [0.15, 0.2) is 102 Å². The van der Waals surface area contributed by atoms with Gasteiger partial charge in [0.1, 0.15) is 23.0 Å². The molecule has 0 aliphatic rings. The monoisotopic (exact) mass is 584 g/mol.